The summed E-state index contributed by atoms with van der Waals surface area (Å²) < 4.78 is 1.91. The zero-order valence-electron chi connectivity index (χ0n) is 10.1. The number of amides is 2. The van der Waals surface area contributed by atoms with E-state index in [2.05, 4.69) is 10.4 Å². The molecule has 2 rings (SSSR count). The van der Waals surface area contributed by atoms with Crippen molar-refractivity contribution in [3.8, 4) is 0 Å². The molecule has 0 aromatic carbocycles. The summed E-state index contributed by atoms with van der Waals surface area (Å²) in [5.74, 6) is 0.552. The van der Waals surface area contributed by atoms with Crippen molar-refractivity contribution in [2.45, 2.75) is 25.8 Å². The van der Waals surface area contributed by atoms with E-state index in [4.69, 9.17) is 5.73 Å². The highest BCUT2D eigenvalue weighted by Gasteiger charge is 2.23. The Hall–Kier alpha value is -1.72. The number of nitrogen functional groups attached to an aromatic ring is 1. The molecule has 17 heavy (non-hydrogen) atoms. The van der Waals surface area contributed by atoms with Gasteiger partial charge in [0.1, 0.15) is 5.82 Å². The molecule has 0 atom stereocenters. The second kappa shape index (κ2) is 5.07. The molecule has 1 aliphatic rings. The molecule has 1 aromatic rings. The second-order valence-electron chi connectivity index (χ2n) is 4.27. The van der Waals surface area contributed by atoms with Gasteiger partial charge >= 0.3 is 6.03 Å². The summed E-state index contributed by atoms with van der Waals surface area (Å²) in [7, 11) is 0. The van der Waals surface area contributed by atoms with Crippen LogP contribution in [0.5, 0.6) is 0 Å². The largest absolute Gasteiger partial charge is 0.382 e. The Bertz CT molecular complexity index is 381. The van der Waals surface area contributed by atoms with Gasteiger partial charge in [-0.2, -0.15) is 5.10 Å². The molecular weight excluding hydrogens is 218 g/mol. The number of likely N-dealkylation sites (tertiary alicyclic amines) is 1. The van der Waals surface area contributed by atoms with Gasteiger partial charge in [0.2, 0.25) is 0 Å². The zero-order chi connectivity index (χ0) is 12.3. The minimum absolute atomic E-state index is 0.0333. The van der Waals surface area contributed by atoms with E-state index >= 15 is 0 Å². The van der Waals surface area contributed by atoms with Gasteiger partial charge in [-0.05, 0) is 25.8 Å². The van der Waals surface area contributed by atoms with Gasteiger partial charge in [0, 0.05) is 25.8 Å². The maximum atomic E-state index is 11.6. The molecule has 0 bridgehead atoms. The van der Waals surface area contributed by atoms with Crippen molar-refractivity contribution >= 4 is 11.8 Å². The van der Waals surface area contributed by atoms with Crippen LogP contribution in [0.15, 0.2) is 12.3 Å². The number of carbonyl (C=O) groups is 1. The SMILES string of the molecule is CCNC(=O)N1CCC(n2ccc(N)n2)CC1. The van der Waals surface area contributed by atoms with Gasteiger partial charge in [-0.1, -0.05) is 0 Å². The molecule has 1 aromatic heterocycles. The molecule has 2 heterocycles. The van der Waals surface area contributed by atoms with Crippen LogP contribution >= 0.6 is 0 Å². The summed E-state index contributed by atoms with van der Waals surface area (Å²) in [6.45, 7) is 4.15. The third-order valence-corrected chi connectivity index (χ3v) is 3.08. The molecule has 6 heteroatoms. The van der Waals surface area contributed by atoms with E-state index in [0.717, 1.165) is 25.9 Å². The first-order valence-corrected chi connectivity index (χ1v) is 6.04. The zero-order valence-corrected chi connectivity index (χ0v) is 10.1. The van der Waals surface area contributed by atoms with Gasteiger partial charge in [0.05, 0.1) is 6.04 Å². The average molecular weight is 237 g/mol. The fraction of sp³-hybridized carbons (Fsp3) is 0.636. The van der Waals surface area contributed by atoms with Crippen molar-refractivity contribution in [3.05, 3.63) is 12.3 Å². The number of rotatable bonds is 2. The number of carbonyl (C=O) groups excluding carboxylic acids is 1. The van der Waals surface area contributed by atoms with Crippen molar-refractivity contribution in [2.24, 2.45) is 0 Å². The Morgan fingerprint density at radius 1 is 1.59 bits per heavy atom. The van der Waals surface area contributed by atoms with Gasteiger partial charge in [-0.3, -0.25) is 4.68 Å². The van der Waals surface area contributed by atoms with E-state index in [1.54, 1.807) is 6.07 Å². The molecule has 0 radical (unpaired) electrons. The predicted molar refractivity (Wildman–Crippen MR) is 65.6 cm³/mol. The summed E-state index contributed by atoms with van der Waals surface area (Å²) in [5.41, 5.74) is 5.59. The van der Waals surface area contributed by atoms with E-state index in [9.17, 15) is 4.79 Å². The monoisotopic (exact) mass is 237 g/mol. The topological polar surface area (TPSA) is 76.2 Å². The van der Waals surface area contributed by atoms with Crippen LogP contribution in [0.25, 0.3) is 0 Å². The Morgan fingerprint density at radius 2 is 2.29 bits per heavy atom. The molecule has 2 amide bonds. The van der Waals surface area contributed by atoms with Gasteiger partial charge in [0.15, 0.2) is 0 Å². The molecule has 0 spiro atoms. The van der Waals surface area contributed by atoms with Crippen LogP contribution in [0.1, 0.15) is 25.8 Å². The van der Waals surface area contributed by atoms with Crippen molar-refractivity contribution in [1.29, 1.82) is 0 Å². The lowest BCUT2D eigenvalue weighted by Crippen LogP contribution is -2.44. The molecule has 0 saturated carbocycles. The summed E-state index contributed by atoms with van der Waals surface area (Å²) in [4.78, 5) is 13.5. The Kier molecular flexibility index (Phi) is 3.51. The highest BCUT2D eigenvalue weighted by atomic mass is 16.2. The first-order valence-electron chi connectivity index (χ1n) is 6.04. The average Bonchev–Trinajstić information content (AvgIpc) is 2.76. The van der Waals surface area contributed by atoms with Crippen molar-refractivity contribution in [1.82, 2.24) is 20.0 Å². The number of piperidine rings is 1. The van der Waals surface area contributed by atoms with E-state index < -0.39 is 0 Å². The van der Waals surface area contributed by atoms with Gasteiger partial charge in [-0.25, -0.2) is 4.79 Å². The van der Waals surface area contributed by atoms with Gasteiger partial charge in [-0.15, -0.1) is 0 Å². The Morgan fingerprint density at radius 3 is 2.82 bits per heavy atom. The first-order chi connectivity index (χ1) is 8.20. The molecule has 3 N–H and O–H groups in total. The molecule has 94 valence electrons. The smallest absolute Gasteiger partial charge is 0.317 e. The quantitative estimate of drug-likeness (QED) is 0.800. The third kappa shape index (κ3) is 2.69. The van der Waals surface area contributed by atoms with E-state index in [-0.39, 0.29) is 6.03 Å². The molecule has 0 unspecified atom stereocenters. The standard InChI is InChI=1S/C11H19N5O/c1-2-13-11(17)15-6-3-9(4-7-15)16-8-5-10(12)14-16/h5,8-9H,2-4,6-7H2,1H3,(H2,12,14)(H,13,17). The summed E-state index contributed by atoms with van der Waals surface area (Å²) in [6, 6.07) is 2.19. The van der Waals surface area contributed by atoms with Gasteiger partial charge in [0.25, 0.3) is 0 Å². The Labute approximate surface area is 101 Å². The van der Waals surface area contributed by atoms with E-state index in [0.29, 0.717) is 18.4 Å². The minimum Gasteiger partial charge on any atom is -0.382 e. The van der Waals surface area contributed by atoms with Crippen molar-refractivity contribution in [2.75, 3.05) is 25.4 Å². The highest BCUT2D eigenvalue weighted by molar-refractivity contribution is 5.74. The normalized spacial score (nSPS) is 17.1. The van der Waals surface area contributed by atoms with Crippen LogP contribution in [-0.2, 0) is 0 Å². The number of aromatic nitrogens is 2. The van der Waals surface area contributed by atoms with E-state index in [1.807, 2.05) is 22.7 Å². The number of nitrogens with zero attached hydrogens (tertiary/aromatic N) is 3. The number of nitrogens with one attached hydrogen (secondary N) is 1. The van der Waals surface area contributed by atoms with Crippen molar-refractivity contribution < 1.29 is 4.79 Å². The van der Waals surface area contributed by atoms with Gasteiger partial charge < -0.3 is 16.0 Å². The van der Waals surface area contributed by atoms with Crippen LogP contribution in [0.2, 0.25) is 0 Å². The number of anilines is 1. The highest BCUT2D eigenvalue weighted by Crippen LogP contribution is 2.22. The third-order valence-electron chi connectivity index (χ3n) is 3.08. The van der Waals surface area contributed by atoms with Crippen LogP contribution in [-0.4, -0.2) is 40.3 Å². The Balaban J connectivity index is 1.88. The molecule has 6 nitrogen and oxygen atoms in total. The number of urea groups is 1. The summed E-state index contributed by atoms with van der Waals surface area (Å²) in [6.07, 6.45) is 3.76. The van der Waals surface area contributed by atoms with Crippen molar-refractivity contribution in [3.63, 3.8) is 0 Å². The fourth-order valence-corrected chi connectivity index (χ4v) is 2.15. The molecule has 1 saturated heterocycles. The summed E-state index contributed by atoms with van der Waals surface area (Å²) in [5, 5.41) is 7.03. The minimum atomic E-state index is 0.0333. The van der Waals surface area contributed by atoms with Crippen LogP contribution < -0.4 is 11.1 Å². The fourth-order valence-electron chi connectivity index (χ4n) is 2.15. The lowest BCUT2D eigenvalue weighted by molar-refractivity contribution is 0.169. The van der Waals surface area contributed by atoms with Crippen LogP contribution in [0.4, 0.5) is 10.6 Å². The molecule has 0 aliphatic carbocycles. The number of nitrogens with two attached hydrogens (primary N) is 1. The number of hydrogen-bond acceptors (Lipinski definition) is 3. The molecule has 1 aliphatic heterocycles. The molecule has 1 fully saturated rings. The van der Waals surface area contributed by atoms with Crippen LogP contribution in [0, 0.1) is 0 Å². The van der Waals surface area contributed by atoms with Crippen LogP contribution in [0.3, 0.4) is 0 Å². The lowest BCUT2D eigenvalue weighted by atomic mass is 10.1. The number of hydrogen-bond donors (Lipinski definition) is 2. The molecular formula is C11H19N5O. The second-order valence-corrected chi connectivity index (χ2v) is 4.27. The predicted octanol–water partition coefficient (Wildman–Crippen LogP) is 0.832. The maximum Gasteiger partial charge on any atom is 0.317 e. The maximum absolute atomic E-state index is 11.6. The van der Waals surface area contributed by atoms with E-state index in [1.165, 1.54) is 0 Å². The summed E-state index contributed by atoms with van der Waals surface area (Å²) >= 11 is 0. The first kappa shape index (κ1) is 11.8. The lowest BCUT2D eigenvalue weighted by Gasteiger charge is -2.31.